The van der Waals surface area contributed by atoms with Gasteiger partial charge in [-0.2, -0.15) is 0 Å². The van der Waals surface area contributed by atoms with E-state index in [-0.39, 0.29) is 24.3 Å². The molecule has 2 rings (SSSR count). The van der Waals surface area contributed by atoms with Gasteiger partial charge in [0.15, 0.2) is 0 Å². The summed E-state index contributed by atoms with van der Waals surface area (Å²) in [5.41, 5.74) is 5.76. The Hall–Kier alpha value is -1.86. The number of piperazine rings is 1. The number of pyridine rings is 1. The van der Waals surface area contributed by atoms with Crippen molar-refractivity contribution < 1.29 is 9.59 Å². The van der Waals surface area contributed by atoms with Crippen molar-refractivity contribution in [2.75, 3.05) is 37.6 Å². The second-order valence-electron chi connectivity index (χ2n) is 6.19. The van der Waals surface area contributed by atoms with Crippen LogP contribution >= 0.6 is 11.6 Å². The largest absolute Gasteiger partial charge is 0.353 e. The molecule has 1 saturated heterocycles. The van der Waals surface area contributed by atoms with Gasteiger partial charge in [0.1, 0.15) is 5.82 Å². The fraction of sp³-hybridized carbons (Fsp3) is 0.562. The van der Waals surface area contributed by atoms with Crippen LogP contribution in [0.15, 0.2) is 18.3 Å². The van der Waals surface area contributed by atoms with Crippen molar-refractivity contribution in [2.24, 2.45) is 11.7 Å². The highest BCUT2D eigenvalue weighted by Gasteiger charge is 2.23. The maximum absolute atomic E-state index is 12.2. The number of aromatic nitrogens is 1. The van der Waals surface area contributed by atoms with Crippen LogP contribution in [0.5, 0.6) is 0 Å². The summed E-state index contributed by atoms with van der Waals surface area (Å²) < 4.78 is 0. The molecule has 7 nitrogen and oxygen atoms in total. The van der Waals surface area contributed by atoms with Gasteiger partial charge in [-0.3, -0.25) is 9.59 Å². The predicted octanol–water partition coefficient (Wildman–Crippen LogP) is 0.483. The fourth-order valence-corrected chi connectivity index (χ4v) is 2.55. The van der Waals surface area contributed by atoms with E-state index >= 15 is 0 Å². The van der Waals surface area contributed by atoms with E-state index in [1.807, 2.05) is 19.9 Å². The van der Waals surface area contributed by atoms with E-state index in [1.54, 1.807) is 17.2 Å². The minimum atomic E-state index is -0.592. The smallest absolute Gasteiger partial charge is 0.242 e. The van der Waals surface area contributed by atoms with Crippen molar-refractivity contribution >= 4 is 29.2 Å². The van der Waals surface area contributed by atoms with E-state index in [2.05, 4.69) is 15.2 Å². The van der Waals surface area contributed by atoms with E-state index < -0.39 is 6.04 Å². The van der Waals surface area contributed by atoms with Crippen LogP contribution in [0, 0.1) is 5.92 Å². The van der Waals surface area contributed by atoms with Crippen LogP contribution in [0.2, 0.25) is 5.02 Å². The summed E-state index contributed by atoms with van der Waals surface area (Å²) in [5, 5.41) is 3.21. The van der Waals surface area contributed by atoms with Gasteiger partial charge in [-0.25, -0.2) is 4.98 Å². The Labute approximate surface area is 147 Å². The first-order chi connectivity index (χ1) is 11.4. The molecule has 132 valence electrons. The molecule has 1 aromatic heterocycles. The Morgan fingerprint density at radius 1 is 1.29 bits per heavy atom. The van der Waals surface area contributed by atoms with Gasteiger partial charge in [0.2, 0.25) is 11.8 Å². The summed E-state index contributed by atoms with van der Waals surface area (Å²) >= 11 is 5.84. The number of anilines is 1. The lowest BCUT2D eigenvalue weighted by Gasteiger charge is -2.35. The lowest BCUT2D eigenvalue weighted by Crippen LogP contribution is -2.53. The summed E-state index contributed by atoms with van der Waals surface area (Å²) in [5.74, 6) is 0.503. The van der Waals surface area contributed by atoms with Crippen molar-refractivity contribution in [1.29, 1.82) is 0 Å². The highest BCUT2D eigenvalue weighted by Crippen LogP contribution is 2.16. The molecule has 0 unspecified atom stereocenters. The molecule has 0 spiro atoms. The van der Waals surface area contributed by atoms with Crippen LogP contribution in [-0.4, -0.2) is 60.5 Å². The Kier molecular flexibility index (Phi) is 6.39. The lowest BCUT2D eigenvalue weighted by atomic mass is 10.1. The Morgan fingerprint density at radius 3 is 2.50 bits per heavy atom. The first-order valence-electron chi connectivity index (χ1n) is 8.06. The lowest BCUT2D eigenvalue weighted by molar-refractivity contribution is -0.133. The number of nitrogens with zero attached hydrogens (tertiary/aromatic N) is 3. The van der Waals surface area contributed by atoms with Crippen molar-refractivity contribution in [1.82, 2.24) is 15.2 Å². The van der Waals surface area contributed by atoms with E-state index in [9.17, 15) is 9.59 Å². The van der Waals surface area contributed by atoms with Crippen molar-refractivity contribution in [3.8, 4) is 0 Å². The van der Waals surface area contributed by atoms with Gasteiger partial charge in [-0.05, 0) is 18.1 Å². The van der Waals surface area contributed by atoms with Crippen LogP contribution in [0.1, 0.15) is 13.8 Å². The van der Waals surface area contributed by atoms with Gasteiger partial charge < -0.3 is 20.9 Å². The summed E-state index contributed by atoms with van der Waals surface area (Å²) in [4.78, 5) is 32.1. The third kappa shape index (κ3) is 4.82. The molecule has 1 aliphatic rings. The monoisotopic (exact) mass is 353 g/mol. The maximum atomic E-state index is 12.2. The highest BCUT2D eigenvalue weighted by molar-refractivity contribution is 6.30. The summed E-state index contributed by atoms with van der Waals surface area (Å²) in [6.45, 7) is 6.30. The molecule has 0 bridgehead atoms. The van der Waals surface area contributed by atoms with E-state index in [0.29, 0.717) is 31.2 Å². The Balaban J connectivity index is 1.78. The SMILES string of the molecule is CC(C)[C@H](N)C(=O)NCC(=O)N1CCN(c2ccc(Cl)cn2)CC1. The van der Waals surface area contributed by atoms with Gasteiger partial charge in [0.05, 0.1) is 17.6 Å². The van der Waals surface area contributed by atoms with E-state index in [1.165, 1.54) is 0 Å². The fourth-order valence-electron chi connectivity index (χ4n) is 2.44. The highest BCUT2D eigenvalue weighted by atomic mass is 35.5. The van der Waals surface area contributed by atoms with E-state index in [4.69, 9.17) is 17.3 Å². The molecule has 2 amide bonds. The average Bonchev–Trinajstić information content (AvgIpc) is 2.59. The molecule has 1 fully saturated rings. The molecule has 24 heavy (non-hydrogen) atoms. The number of nitrogens with one attached hydrogen (secondary N) is 1. The third-order valence-electron chi connectivity index (χ3n) is 4.10. The molecule has 0 aliphatic carbocycles. The van der Waals surface area contributed by atoms with Crippen LogP contribution in [0.3, 0.4) is 0 Å². The number of amides is 2. The minimum Gasteiger partial charge on any atom is -0.353 e. The molecule has 1 aliphatic heterocycles. The second-order valence-corrected chi connectivity index (χ2v) is 6.63. The molecule has 0 aromatic carbocycles. The molecule has 0 radical (unpaired) electrons. The number of hydrogen-bond donors (Lipinski definition) is 2. The van der Waals surface area contributed by atoms with Crippen LogP contribution < -0.4 is 16.0 Å². The number of carbonyl (C=O) groups is 2. The van der Waals surface area contributed by atoms with Crippen molar-refractivity contribution in [3.05, 3.63) is 23.4 Å². The summed E-state index contributed by atoms with van der Waals surface area (Å²) in [7, 11) is 0. The number of rotatable bonds is 5. The van der Waals surface area contributed by atoms with Crippen molar-refractivity contribution in [3.63, 3.8) is 0 Å². The number of halogens is 1. The summed E-state index contributed by atoms with van der Waals surface area (Å²) in [6, 6.07) is 3.08. The first kappa shape index (κ1) is 18.5. The molecule has 1 aromatic rings. The quantitative estimate of drug-likeness (QED) is 0.803. The topological polar surface area (TPSA) is 91.6 Å². The van der Waals surface area contributed by atoms with Gasteiger partial charge in [-0.1, -0.05) is 25.4 Å². The van der Waals surface area contributed by atoms with Crippen LogP contribution in [0.4, 0.5) is 5.82 Å². The average molecular weight is 354 g/mol. The third-order valence-corrected chi connectivity index (χ3v) is 4.33. The zero-order valence-electron chi connectivity index (χ0n) is 14.0. The van der Waals surface area contributed by atoms with Gasteiger partial charge in [0.25, 0.3) is 0 Å². The predicted molar refractivity (Wildman–Crippen MR) is 93.9 cm³/mol. The van der Waals surface area contributed by atoms with Crippen LogP contribution in [0.25, 0.3) is 0 Å². The molecule has 8 heteroatoms. The maximum Gasteiger partial charge on any atom is 0.242 e. The standard InChI is InChI=1S/C16H24ClN5O2/c1-11(2)15(18)16(24)20-10-14(23)22-7-5-21(6-8-22)13-4-3-12(17)9-19-13/h3-4,9,11,15H,5-8,10,18H2,1-2H3,(H,20,24)/t15-/m0/s1. The van der Waals surface area contributed by atoms with Gasteiger partial charge in [0, 0.05) is 32.4 Å². The zero-order chi connectivity index (χ0) is 17.7. The molecule has 3 N–H and O–H groups in total. The number of hydrogen-bond acceptors (Lipinski definition) is 5. The van der Waals surface area contributed by atoms with Gasteiger partial charge in [-0.15, -0.1) is 0 Å². The van der Waals surface area contributed by atoms with Crippen molar-refractivity contribution in [2.45, 2.75) is 19.9 Å². The zero-order valence-corrected chi connectivity index (χ0v) is 14.8. The molecular weight excluding hydrogens is 330 g/mol. The van der Waals surface area contributed by atoms with Crippen LogP contribution in [-0.2, 0) is 9.59 Å². The Morgan fingerprint density at radius 2 is 1.96 bits per heavy atom. The first-order valence-corrected chi connectivity index (χ1v) is 8.44. The molecule has 1 atom stereocenters. The van der Waals surface area contributed by atoms with Gasteiger partial charge >= 0.3 is 0 Å². The van der Waals surface area contributed by atoms with E-state index in [0.717, 1.165) is 5.82 Å². The minimum absolute atomic E-state index is 0.0154. The normalized spacial score (nSPS) is 16.2. The number of carbonyl (C=O) groups excluding carboxylic acids is 2. The second kappa shape index (κ2) is 8.30. The molecule has 0 saturated carbocycles. The molecule has 2 heterocycles. The Bertz CT molecular complexity index is 570. The summed E-state index contributed by atoms with van der Waals surface area (Å²) in [6.07, 6.45) is 1.61. The molecular formula is C16H24ClN5O2. The number of nitrogens with two attached hydrogens (primary N) is 1.